The summed E-state index contributed by atoms with van der Waals surface area (Å²) >= 11 is 0. The van der Waals surface area contributed by atoms with Gasteiger partial charge in [0, 0.05) is 18.4 Å². The molecule has 27 heavy (non-hydrogen) atoms. The first kappa shape index (κ1) is 19.2. The number of ether oxygens (including phenoxy) is 1. The summed E-state index contributed by atoms with van der Waals surface area (Å²) in [5, 5.41) is 2.86. The highest BCUT2D eigenvalue weighted by atomic mass is 32.2. The van der Waals surface area contributed by atoms with E-state index in [0.29, 0.717) is 11.3 Å². The molecule has 1 heterocycles. The standard InChI is InChI=1S/C19H23N3O4S/c1-26-17-10-8-15(9-11-17)14-22(19(23)21-16-5-2-3-6-16)27(24,25)18-7-4-12-20-13-18/h4,7-13,16H,2-3,5-6,14H2,1H3,(H,21,23). The van der Waals surface area contributed by atoms with E-state index in [4.69, 9.17) is 4.74 Å². The molecule has 0 unspecified atom stereocenters. The molecule has 0 bridgehead atoms. The molecular weight excluding hydrogens is 366 g/mol. The van der Waals surface area contributed by atoms with Gasteiger partial charge in [-0.3, -0.25) is 4.98 Å². The monoisotopic (exact) mass is 389 g/mol. The molecule has 3 rings (SSSR count). The van der Waals surface area contributed by atoms with Crippen molar-refractivity contribution in [2.45, 2.75) is 43.2 Å². The maximum absolute atomic E-state index is 13.1. The minimum Gasteiger partial charge on any atom is -0.497 e. The highest BCUT2D eigenvalue weighted by Crippen LogP contribution is 2.22. The van der Waals surface area contributed by atoms with Crippen LogP contribution in [0.2, 0.25) is 0 Å². The zero-order valence-corrected chi connectivity index (χ0v) is 16.0. The lowest BCUT2D eigenvalue weighted by Gasteiger charge is -2.25. The molecule has 0 spiro atoms. The summed E-state index contributed by atoms with van der Waals surface area (Å²) in [6.07, 6.45) is 6.56. The predicted octanol–water partition coefficient (Wildman–Crippen LogP) is 2.93. The third kappa shape index (κ3) is 4.57. The fourth-order valence-electron chi connectivity index (χ4n) is 3.11. The second kappa shape index (κ2) is 8.39. The summed E-state index contributed by atoms with van der Waals surface area (Å²) in [6, 6.07) is 9.33. The lowest BCUT2D eigenvalue weighted by atomic mass is 10.2. The Kier molecular flexibility index (Phi) is 5.95. The summed E-state index contributed by atoms with van der Waals surface area (Å²) in [5.41, 5.74) is 0.685. The van der Waals surface area contributed by atoms with Gasteiger partial charge in [-0.15, -0.1) is 0 Å². The number of urea groups is 1. The Morgan fingerprint density at radius 2 is 1.93 bits per heavy atom. The van der Waals surface area contributed by atoms with Gasteiger partial charge in [0.2, 0.25) is 0 Å². The van der Waals surface area contributed by atoms with E-state index in [1.165, 1.54) is 24.5 Å². The van der Waals surface area contributed by atoms with Gasteiger partial charge < -0.3 is 10.1 Å². The summed E-state index contributed by atoms with van der Waals surface area (Å²) < 4.78 is 32.2. The number of rotatable bonds is 6. The fraction of sp³-hybridized carbons (Fsp3) is 0.368. The maximum Gasteiger partial charge on any atom is 0.331 e. The van der Waals surface area contributed by atoms with Crippen molar-refractivity contribution in [1.82, 2.24) is 14.6 Å². The van der Waals surface area contributed by atoms with E-state index in [1.807, 2.05) is 0 Å². The second-order valence-electron chi connectivity index (χ2n) is 6.48. The van der Waals surface area contributed by atoms with Crippen LogP contribution in [0.1, 0.15) is 31.2 Å². The highest BCUT2D eigenvalue weighted by Gasteiger charge is 2.31. The van der Waals surface area contributed by atoms with Gasteiger partial charge in [-0.25, -0.2) is 17.5 Å². The number of pyridine rings is 1. The van der Waals surface area contributed by atoms with Crippen LogP contribution in [0.15, 0.2) is 53.7 Å². The Labute approximate surface area is 159 Å². The molecule has 1 aromatic carbocycles. The molecule has 1 aliphatic rings. The van der Waals surface area contributed by atoms with Crippen LogP contribution in [0.4, 0.5) is 4.79 Å². The summed E-state index contributed by atoms with van der Waals surface area (Å²) in [6.45, 7) is -0.0697. The number of benzene rings is 1. The third-order valence-corrected chi connectivity index (χ3v) is 6.33. The van der Waals surface area contributed by atoms with Crippen LogP contribution in [-0.4, -0.2) is 36.9 Å². The second-order valence-corrected chi connectivity index (χ2v) is 8.34. The number of amides is 2. The molecule has 0 aliphatic heterocycles. The van der Waals surface area contributed by atoms with Crippen molar-refractivity contribution >= 4 is 16.1 Å². The van der Waals surface area contributed by atoms with E-state index < -0.39 is 16.1 Å². The van der Waals surface area contributed by atoms with Crippen LogP contribution in [0.25, 0.3) is 0 Å². The highest BCUT2D eigenvalue weighted by molar-refractivity contribution is 7.89. The number of carbonyl (C=O) groups is 1. The number of aromatic nitrogens is 1. The zero-order chi connectivity index (χ0) is 19.3. The molecule has 144 valence electrons. The molecule has 0 atom stereocenters. The molecule has 2 aromatic rings. The molecule has 0 saturated heterocycles. The maximum atomic E-state index is 13.1. The lowest BCUT2D eigenvalue weighted by molar-refractivity contribution is 0.217. The predicted molar refractivity (Wildman–Crippen MR) is 101 cm³/mol. The molecule has 7 nitrogen and oxygen atoms in total. The van der Waals surface area contributed by atoms with Crippen LogP contribution >= 0.6 is 0 Å². The average Bonchev–Trinajstić information content (AvgIpc) is 3.20. The van der Waals surface area contributed by atoms with Crippen molar-refractivity contribution in [2.24, 2.45) is 0 Å². The molecule has 0 radical (unpaired) electrons. The Bertz CT molecular complexity index is 864. The van der Waals surface area contributed by atoms with Crippen LogP contribution in [0.3, 0.4) is 0 Å². The SMILES string of the molecule is COc1ccc(CN(C(=O)NC2CCCC2)S(=O)(=O)c2cccnc2)cc1. The molecule has 8 heteroatoms. The number of hydrogen-bond donors (Lipinski definition) is 1. The van der Waals surface area contributed by atoms with Crippen molar-refractivity contribution in [3.05, 3.63) is 54.4 Å². The van der Waals surface area contributed by atoms with Gasteiger partial charge in [0.15, 0.2) is 0 Å². The Hall–Kier alpha value is -2.61. The normalized spacial score (nSPS) is 14.7. The average molecular weight is 389 g/mol. The van der Waals surface area contributed by atoms with Crippen LogP contribution in [0.5, 0.6) is 5.75 Å². The van der Waals surface area contributed by atoms with Crippen molar-refractivity contribution in [2.75, 3.05) is 7.11 Å². The number of sulfonamides is 1. The number of hydrogen-bond acceptors (Lipinski definition) is 5. The van der Waals surface area contributed by atoms with Crippen molar-refractivity contribution in [3.8, 4) is 5.75 Å². The minimum absolute atomic E-state index is 0.0138. The van der Waals surface area contributed by atoms with Gasteiger partial charge in [0.05, 0.1) is 13.7 Å². The Balaban J connectivity index is 1.88. The lowest BCUT2D eigenvalue weighted by Crippen LogP contribution is -2.46. The zero-order valence-electron chi connectivity index (χ0n) is 15.2. The van der Waals surface area contributed by atoms with Gasteiger partial charge in [-0.1, -0.05) is 25.0 Å². The minimum atomic E-state index is -4.03. The van der Waals surface area contributed by atoms with E-state index in [1.54, 1.807) is 31.4 Å². The molecule has 1 saturated carbocycles. The van der Waals surface area contributed by atoms with Crippen LogP contribution < -0.4 is 10.1 Å². The quantitative estimate of drug-likeness (QED) is 0.821. The number of nitrogens with zero attached hydrogens (tertiary/aromatic N) is 2. The summed E-state index contributed by atoms with van der Waals surface area (Å²) in [5.74, 6) is 0.663. The fourth-order valence-corrected chi connectivity index (χ4v) is 4.40. The summed E-state index contributed by atoms with van der Waals surface area (Å²) in [7, 11) is -2.47. The van der Waals surface area contributed by atoms with Gasteiger partial charge in [-0.05, 0) is 42.7 Å². The molecule has 1 aromatic heterocycles. The molecule has 1 aliphatic carbocycles. The first-order valence-corrected chi connectivity index (χ1v) is 10.3. The van der Waals surface area contributed by atoms with Crippen molar-refractivity contribution < 1.29 is 17.9 Å². The topological polar surface area (TPSA) is 88.6 Å². The van der Waals surface area contributed by atoms with E-state index in [9.17, 15) is 13.2 Å². The smallest absolute Gasteiger partial charge is 0.331 e. The first-order valence-electron chi connectivity index (χ1n) is 8.87. The van der Waals surface area contributed by atoms with Gasteiger partial charge in [-0.2, -0.15) is 0 Å². The number of nitrogens with one attached hydrogen (secondary N) is 1. The number of carbonyl (C=O) groups excluding carboxylic acids is 1. The number of methoxy groups -OCH3 is 1. The molecule has 2 amide bonds. The molecule has 1 fully saturated rings. The molecule has 1 N–H and O–H groups in total. The van der Waals surface area contributed by atoms with Gasteiger partial charge in [0.25, 0.3) is 10.0 Å². The Morgan fingerprint density at radius 3 is 2.52 bits per heavy atom. The van der Waals surface area contributed by atoms with Crippen molar-refractivity contribution in [3.63, 3.8) is 0 Å². The van der Waals surface area contributed by atoms with E-state index >= 15 is 0 Å². The summed E-state index contributed by atoms with van der Waals surface area (Å²) in [4.78, 5) is 16.7. The Morgan fingerprint density at radius 1 is 1.22 bits per heavy atom. The first-order chi connectivity index (χ1) is 13.0. The van der Waals surface area contributed by atoms with Gasteiger partial charge >= 0.3 is 6.03 Å². The van der Waals surface area contributed by atoms with E-state index in [2.05, 4.69) is 10.3 Å². The largest absolute Gasteiger partial charge is 0.497 e. The van der Waals surface area contributed by atoms with Gasteiger partial charge in [0.1, 0.15) is 10.6 Å². The third-order valence-electron chi connectivity index (χ3n) is 4.62. The van der Waals surface area contributed by atoms with E-state index in [-0.39, 0.29) is 17.5 Å². The molecular formula is C19H23N3O4S. The van der Waals surface area contributed by atoms with Crippen molar-refractivity contribution in [1.29, 1.82) is 0 Å². The van der Waals surface area contributed by atoms with E-state index in [0.717, 1.165) is 30.0 Å². The van der Waals surface area contributed by atoms with Crippen LogP contribution in [0, 0.1) is 0 Å². The van der Waals surface area contributed by atoms with Crippen LogP contribution in [-0.2, 0) is 16.6 Å².